The van der Waals surface area contributed by atoms with E-state index >= 15 is 0 Å². The maximum Gasteiger partial charge on any atom is 0.0675 e. The van der Waals surface area contributed by atoms with E-state index in [1.807, 2.05) is 0 Å². The van der Waals surface area contributed by atoms with Crippen molar-refractivity contribution in [3.63, 3.8) is 0 Å². The van der Waals surface area contributed by atoms with Gasteiger partial charge in [0.1, 0.15) is 0 Å². The van der Waals surface area contributed by atoms with E-state index in [4.69, 9.17) is 0 Å². The van der Waals surface area contributed by atoms with Crippen molar-refractivity contribution in [3.8, 4) is 0 Å². The van der Waals surface area contributed by atoms with Gasteiger partial charge in [0.25, 0.3) is 0 Å². The molecule has 0 fully saturated rings. The second-order valence-electron chi connectivity index (χ2n) is 10.7. The number of hydrogen-bond acceptors (Lipinski definition) is 0. The maximum atomic E-state index is 2.67. The Balaban J connectivity index is 0.00000119. The summed E-state index contributed by atoms with van der Waals surface area (Å²) in [6, 6.07) is 11.5. The summed E-state index contributed by atoms with van der Waals surface area (Å²) < 4.78 is 1.00. The zero-order valence-corrected chi connectivity index (χ0v) is 21.3. The fourth-order valence-electron chi connectivity index (χ4n) is 4.52. The molecule has 1 nitrogen and oxygen atoms in total. The highest BCUT2D eigenvalue weighted by Gasteiger charge is 2.39. The molecule has 0 atom stereocenters. The van der Waals surface area contributed by atoms with Gasteiger partial charge >= 0.3 is 0 Å². The average molecular weight is 392 g/mol. The van der Waals surface area contributed by atoms with E-state index in [0.717, 1.165) is 4.48 Å². The highest BCUT2D eigenvalue weighted by molar-refractivity contribution is 7.46. The highest BCUT2D eigenvalue weighted by atomic mass is 28.3. The Labute approximate surface area is 173 Å². The van der Waals surface area contributed by atoms with Crippen LogP contribution in [-0.2, 0) is 0 Å². The molecule has 1 aromatic carbocycles. The van der Waals surface area contributed by atoms with Crippen LogP contribution in [0.1, 0.15) is 59.3 Å². The monoisotopic (exact) mass is 391 g/mol. The van der Waals surface area contributed by atoms with Crippen molar-refractivity contribution in [2.45, 2.75) is 91.4 Å². The van der Waals surface area contributed by atoms with E-state index < -0.39 is 7.94 Å². The van der Waals surface area contributed by atoms with Gasteiger partial charge in [-0.1, -0.05) is 116 Å². The molecule has 1 rings (SSSR count). The first-order chi connectivity index (χ1) is 12.5. The van der Waals surface area contributed by atoms with Crippen LogP contribution in [0.2, 0.25) is 32.1 Å². The molecule has 0 spiro atoms. The molecule has 0 bridgehead atoms. The van der Waals surface area contributed by atoms with Crippen LogP contribution < -0.4 is 5.19 Å². The molecule has 0 aliphatic rings. The number of quaternary nitrogens is 1. The summed E-state index contributed by atoms with van der Waals surface area (Å²) in [6.07, 6.45) is 12.8. The summed E-state index contributed by atoms with van der Waals surface area (Å²) in [4.78, 5) is 0. The van der Waals surface area contributed by atoms with Gasteiger partial charge in [0.05, 0.1) is 28.2 Å². The van der Waals surface area contributed by atoms with E-state index in [1.54, 1.807) is 5.19 Å². The Morgan fingerprint density at radius 3 is 1.33 bits per heavy atom. The number of unbranched alkanes of at least 4 members (excludes halogenated alkanes) is 3. The van der Waals surface area contributed by atoms with Gasteiger partial charge in [-0.2, -0.15) is 19.0 Å². The summed E-state index contributed by atoms with van der Waals surface area (Å²) in [5.74, 6) is 0. The molecule has 0 aromatic heterocycles. The molecule has 0 saturated heterocycles. The van der Waals surface area contributed by atoms with Crippen molar-refractivity contribution < 1.29 is 4.48 Å². The zero-order valence-electron chi connectivity index (χ0n) is 20.3. The van der Waals surface area contributed by atoms with Crippen molar-refractivity contribution in [3.05, 3.63) is 30.3 Å². The molecule has 27 heavy (non-hydrogen) atoms. The number of rotatable bonds is 11. The molecular weight excluding hydrogens is 341 g/mol. The smallest absolute Gasteiger partial charge is 0.0675 e. The first kappa shape index (κ1) is 26.5. The molecule has 0 amide bonds. The van der Waals surface area contributed by atoms with E-state index in [1.165, 1.54) is 57.5 Å². The average Bonchev–Trinajstić information content (AvgIpc) is 2.60. The molecular formula is C24H50BNSi. The van der Waals surface area contributed by atoms with Crippen LogP contribution in [-0.4, -0.2) is 46.4 Å². The van der Waals surface area contributed by atoms with Gasteiger partial charge in [-0.15, -0.1) is 0 Å². The van der Waals surface area contributed by atoms with Gasteiger partial charge in [-0.3, -0.25) is 0 Å². The number of nitrogens with zero attached hydrogens (tertiary/aromatic N) is 1. The van der Waals surface area contributed by atoms with Crippen molar-refractivity contribution in [1.82, 2.24) is 0 Å². The summed E-state index contributed by atoms with van der Waals surface area (Å²) >= 11 is 0. The predicted octanol–water partition coefficient (Wildman–Crippen LogP) is 6.85. The minimum atomic E-state index is -1.41. The number of hydrogen-bond donors (Lipinski definition) is 0. The normalized spacial score (nSPS) is 12.5. The minimum Gasteiger partial charge on any atom is -0.333 e. The molecule has 1 aromatic rings. The van der Waals surface area contributed by atoms with Gasteiger partial charge in [0.2, 0.25) is 0 Å². The first-order valence-electron chi connectivity index (χ1n) is 11.6. The quantitative estimate of drug-likeness (QED) is 0.286. The van der Waals surface area contributed by atoms with Gasteiger partial charge < -0.3 is 4.48 Å². The summed E-state index contributed by atoms with van der Waals surface area (Å²) in [5, 5.41) is 1.69. The van der Waals surface area contributed by atoms with Crippen LogP contribution in [0.3, 0.4) is 0 Å². The van der Waals surface area contributed by atoms with Crippen LogP contribution in [0, 0.1) is 0 Å². The van der Waals surface area contributed by atoms with Crippen molar-refractivity contribution in [1.29, 1.82) is 0 Å². The van der Waals surface area contributed by atoms with Gasteiger partial charge in [-0.05, 0) is 0 Å². The standard InChI is InChI=1S/C20H38BSi.C4H12N/c1-6-9-17-21(18-10-7-2,19-11-8-3)22(4,5)20-15-13-12-14-16-20;1-5(2,3)4/h12-16H,6-11,17-19H2,1-5H3;1-4H3/q-1;+1. The van der Waals surface area contributed by atoms with Crippen LogP contribution in [0.15, 0.2) is 30.3 Å². The third kappa shape index (κ3) is 9.99. The molecule has 3 heteroatoms. The fraction of sp³-hybridized carbons (Fsp3) is 0.750. The van der Waals surface area contributed by atoms with E-state index in [2.05, 4.69) is 92.4 Å². The largest absolute Gasteiger partial charge is 0.333 e. The Morgan fingerprint density at radius 2 is 1.04 bits per heavy atom. The Kier molecular flexibility index (Phi) is 12.6. The first-order valence-corrected chi connectivity index (χ1v) is 14.7. The topological polar surface area (TPSA) is 0 Å². The lowest BCUT2D eigenvalue weighted by molar-refractivity contribution is -0.849. The van der Waals surface area contributed by atoms with Crippen molar-refractivity contribution in [2.75, 3.05) is 28.2 Å². The van der Waals surface area contributed by atoms with Gasteiger partial charge in [-0.25, -0.2) is 0 Å². The molecule has 0 N–H and O–H groups in total. The highest BCUT2D eigenvalue weighted by Crippen LogP contribution is 2.36. The Bertz CT molecular complexity index is 451. The van der Waals surface area contributed by atoms with Crippen LogP contribution >= 0.6 is 0 Å². The Hall–Kier alpha value is -0.538. The van der Waals surface area contributed by atoms with Gasteiger partial charge in [0.15, 0.2) is 0 Å². The van der Waals surface area contributed by atoms with Crippen molar-refractivity contribution >= 4 is 18.9 Å². The van der Waals surface area contributed by atoms with Crippen LogP contribution in [0.4, 0.5) is 0 Å². The molecule has 0 saturated carbocycles. The maximum absolute atomic E-state index is 2.67. The Morgan fingerprint density at radius 1 is 0.704 bits per heavy atom. The van der Waals surface area contributed by atoms with Crippen molar-refractivity contribution in [2.24, 2.45) is 0 Å². The SMILES string of the molecule is CCCC[B-](CCCC)(CCCC)[Si](C)(C)c1ccccc1.C[N+](C)(C)C. The van der Waals surface area contributed by atoms with Crippen LogP contribution in [0.5, 0.6) is 0 Å². The van der Waals surface area contributed by atoms with E-state index in [-0.39, 0.29) is 5.74 Å². The minimum absolute atomic E-state index is 0.208. The summed E-state index contributed by atoms with van der Waals surface area (Å²) in [6.45, 7) is 12.4. The summed E-state index contributed by atoms with van der Waals surface area (Å²) in [5.41, 5.74) is -0.208. The predicted molar refractivity (Wildman–Crippen MR) is 132 cm³/mol. The molecule has 0 radical (unpaired) electrons. The third-order valence-corrected chi connectivity index (χ3v) is 12.1. The fourth-order valence-corrected chi connectivity index (χ4v) is 9.06. The lowest BCUT2D eigenvalue weighted by Crippen LogP contribution is -2.66. The second-order valence-corrected chi connectivity index (χ2v) is 15.9. The lowest BCUT2D eigenvalue weighted by atomic mass is 9.38. The molecule has 0 aliphatic heterocycles. The third-order valence-electron chi connectivity index (χ3n) is 6.38. The second kappa shape index (κ2) is 12.8. The van der Waals surface area contributed by atoms with Crippen LogP contribution in [0.25, 0.3) is 0 Å². The molecule has 0 heterocycles. The van der Waals surface area contributed by atoms with E-state index in [0.29, 0.717) is 0 Å². The summed E-state index contributed by atoms with van der Waals surface area (Å²) in [7, 11) is 7.09. The zero-order chi connectivity index (χ0) is 21.0. The molecule has 158 valence electrons. The molecule has 0 aliphatic carbocycles. The van der Waals surface area contributed by atoms with E-state index in [9.17, 15) is 0 Å². The number of benzene rings is 1. The lowest BCUT2D eigenvalue weighted by Gasteiger charge is -2.53. The molecule has 0 unspecified atom stereocenters. The van der Waals surface area contributed by atoms with Gasteiger partial charge in [0, 0.05) is 5.74 Å².